The Morgan fingerprint density at radius 1 is 1.15 bits per heavy atom. The van der Waals surface area contributed by atoms with Crippen LogP contribution in [0.5, 0.6) is 5.75 Å². The molecule has 20 heavy (non-hydrogen) atoms. The van der Waals surface area contributed by atoms with E-state index in [4.69, 9.17) is 4.74 Å². The first-order valence-corrected chi connectivity index (χ1v) is 7.65. The summed E-state index contributed by atoms with van der Waals surface area (Å²) in [7, 11) is 0. The van der Waals surface area contributed by atoms with Crippen LogP contribution in [0.2, 0.25) is 0 Å². The van der Waals surface area contributed by atoms with E-state index in [1.165, 1.54) is 5.56 Å². The van der Waals surface area contributed by atoms with E-state index in [-0.39, 0.29) is 12.0 Å². The molecule has 1 aliphatic rings. The van der Waals surface area contributed by atoms with Crippen molar-refractivity contribution in [1.82, 2.24) is 0 Å². The van der Waals surface area contributed by atoms with E-state index in [1.807, 2.05) is 42.5 Å². The molecule has 0 fully saturated rings. The van der Waals surface area contributed by atoms with Gasteiger partial charge in [0.1, 0.15) is 5.75 Å². The molecule has 2 aromatic carbocycles. The molecule has 2 atom stereocenters. The predicted molar refractivity (Wildman–Crippen MR) is 83.0 cm³/mol. The van der Waals surface area contributed by atoms with Gasteiger partial charge in [0.25, 0.3) is 0 Å². The van der Waals surface area contributed by atoms with Gasteiger partial charge in [0.2, 0.25) is 0 Å². The van der Waals surface area contributed by atoms with Crippen LogP contribution in [-0.4, -0.2) is 17.8 Å². The quantitative estimate of drug-likeness (QED) is 0.930. The zero-order valence-corrected chi connectivity index (χ0v) is 12.7. The first kappa shape index (κ1) is 13.7. The normalized spacial score (nSPS) is 19.0. The van der Waals surface area contributed by atoms with Crippen molar-refractivity contribution in [3.63, 3.8) is 0 Å². The minimum atomic E-state index is -0.387. The second-order valence-electron chi connectivity index (χ2n) is 5.25. The molecule has 0 bridgehead atoms. The number of hydrogen-bond acceptors (Lipinski definition) is 2. The van der Waals surface area contributed by atoms with Gasteiger partial charge in [-0.05, 0) is 36.1 Å². The first-order valence-electron chi connectivity index (χ1n) is 6.86. The SMILES string of the molecule is OC(Cc1ccccc1Br)C1COc2ccccc2C1. The summed E-state index contributed by atoms with van der Waals surface area (Å²) in [6, 6.07) is 16.1. The van der Waals surface area contributed by atoms with Gasteiger partial charge in [0, 0.05) is 10.4 Å². The van der Waals surface area contributed by atoms with Crippen molar-refractivity contribution in [1.29, 1.82) is 0 Å². The number of hydrogen-bond donors (Lipinski definition) is 1. The van der Waals surface area contributed by atoms with E-state index in [0.29, 0.717) is 13.0 Å². The lowest BCUT2D eigenvalue weighted by Gasteiger charge is -2.29. The van der Waals surface area contributed by atoms with Gasteiger partial charge in [-0.1, -0.05) is 52.3 Å². The first-order chi connectivity index (χ1) is 9.74. The smallest absolute Gasteiger partial charge is 0.122 e. The third kappa shape index (κ3) is 2.89. The third-order valence-corrected chi connectivity index (χ3v) is 4.61. The van der Waals surface area contributed by atoms with Gasteiger partial charge in [0.05, 0.1) is 12.7 Å². The van der Waals surface area contributed by atoms with Crippen molar-refractivity contribution in [2.45, 2.75) is 18.9 Å². The molecule has 0 aromatic heterocycles. The summed E-state index contributed by atoms with van der Waals surface area (Å²) < 4.78 is 6.81. The summed E-state index contributed by atoms with van der Waals surface area (Å²) in [5.74, 6) is 1.11. The molecule has 0 saturated carbocycles. The van der Waals surface area contributed by atoms with Gasteiger partial charge in [-0.25, -0.2) is 0 Å². The topological polar surface area (TPSA) is 29.5 Å². The maximum atomic E-state index is 10.5. The van der Waals surface area contributed by atoms with Gasteiger partial charge < -0.3 is 9.84 Å². The average molecular weight is 333 g/mol. The van der Waals surface area contributed by atoms with Crippen LogP contribution < -0.4 is 4.74 Å². The number of halogens is 1. The van der Waals surface area contributed by atoms with E-state index in [2.05, 4.69) is 22.0 Å². The molecule has 3 rings (SSSR count). The number of ether oxygens (including phenoxy) is 1. The number of aliphatic hydroxyl groups is 1. The van der Waals surface area contributed by atoms with Crippen LogP contribution in [0, 0.1) is 5.92 Å². The second kappa shape index (κ2) is 5.98. The Kier molecular flexibility index (Phi) is 4.08. The highest BCUT2D eigenvalue weighted by molar-refractivity contribution is 9.10. The molecule has 1 heterocycles. The Bertz CT molecular complexity index is 597. The Labute approximate surface area is 127 Å². The molecule has 2 nitrogen and oxygen atoms in total. The number of aliphatic hydroxyl groups excluding tert-OH is 1. The number of rotatable bonds is 3. The van der Waals surface area contributed by atoms with Gasteiger partial charge in [-0.15, -0.1) is 0 Å². The van der Waals surface area contributed by atoms with Crippen LogP contribution in [0.15, 0.2) is 53.0 Å². The minimum absolute atomic E-state index is 0.150. The molecule has 0 amide bonds. The summed E-state index contributed by atoms with van der Waals surface area (Å²) in [5, 5.41) is 10.5. The van der Waals surface area contributed by atoms with Gasteiger partial charge in [0.15, 0.2) is 0 Å². The lowest BCUT2D eigenvalue weighted by atomic mass is 9.89. The molecule has 0 saturated heterocycles. The third-order valence-electron chi connectivity index (χ3n) is 3.84. The molecule has 1 aliphatic heterocycles. The fraction of sp³-hybridized carbons (Fsp3) is 0.294. The van der Waals surface area contributed by atoms with Crippen molar-refractivity contribution in [3.05, 3.63) is 64.1 Å². The van der Waals surface area contributed by atoms with Crippen molar-refractivity contribution in [3.8, 4) is 5.75 Å². The molecule has 3 heteroatoms. The van der Waals surface area contributed by atoms with Crippen molar-refractivity contribution >= 4 is 15.9 Å². The fourth-order valence-electron chi connectivity index (χ4n) is 2.65. The van der Waals surface area contributed by atoms with Crippen LogP contribution >= 0.6 is 15.9 Å². The van der Waals surface area contributed by atoms with Crippen molar-refractivity contribution in [2.24, 2.45) is 5.92 Å². The lowest BCUT2D eigenvalue weighted by Crippen LogP contribution is -2.33. The highest BCUT2D eigenvalue weighted by Crippen LogP contribution is 2.29. The van der Waals surface area contributed by atoms with Crippen LogP contribution in [0.4, 0.5) is 0 Å². The molecular formula is C17H17BrO2. The molecular weight excluding hydrogens is 316 g/mol. The summed E-state index contributed by atoms with van der Waals surface area (Å²) in [6.45, 7) is 0.586. The molecule has 0 spiro atoms. The standard InChI is InChI=1S/C17H17BrO2/c18-15-7-3-1-5-12(15)10-16(19)14-9-13-6-2-4-8-17(13)20-11-14/h1-8,14,16,19H,9-11H2. The summed E-state index contributed by atoms with van der Waals surface area (Å²) in [5.41, 5.74) is 2.33. The predicted octanol–water partition coefficient (Wildman–Crippen LogP) is 3.60. The molecule has 0 radical (unpaired) electrons. The van der Waals surface area contributed by atoms with E-state index in [1.54, 1.807) is 0 Å². The van der Waals surface area contributed by atoms with Crippen molar-refractivity contribution in [2.75, 3.05) is 6.61 Å². The Balaban J connectivity index is 1.70. The van der Waals surface area contributed by atoms with Gasteiger partial charge in [-0.2, -0.15) is 0 Å². The van der Waals surface area contributed by atoms with Gasteiger partial charge in [-0.3, -0.25) is 0 Å². The van der Waals surface area contributed by atoms with Crippen molar-refractivity contribution < 1.29 is 9.84 Å². The van der Waals surface area contributed by atoms with Crippen LogP contribution in [0.25, 0.3) is 0 Å². The van der Waals surface area contributed by atoms with E-state index in [0.717, 1.165) is 22.2 Å². The Morgan fingerprint density at radius 2 is 1.90 bits per heavy atom. The Hall–Kier alpha value is -1.32. The maximum absolute atomic E-state index is 10.5. The number of benzene rings is 2. The summed E-state index contributed by atoms with van der Waals surface area (Å²) >= 11 is 3.53. The average Bonchev–Trinajstić information content (AvgIpc) is 2.49. The number of para-hydroxylation sites is 1. The molecule has 104 valence electrons. The summed E-state index contributed by atoms with van der Waals surface area (Å²) in [4.78, 5) is 0. The largest absolute Gasteiger partial charge is 0.493 e. The zero-order valence-electron chi connectivity index (χ0n) is 11.1. The highest BCUT2D eigenvalue weighted by Gasteiger charge is 2.26. The Morgan fingerprint density at radius 3 is 2.75 bits per heavy atom. The van der Waals surface area contributed by atoms with E-state index < -0.39 is 0 Å². The summed E-state index contributed by atoms with van der Waals surface area (Å²) in [6.07, 6.45) is 1.14. The fourth-order valence-corrected chi connectivity index (χ4v) is 3.10. The zero-order chi connectivity index (χ0) is 13.9. The highest BCUT2D eigenvalue weighted by atomic mass is 79.9. The van der Waals surface area contributed by atoms with Gasteiger partial charge >= 0.3 is 0 Å². The molecule has 0 aliphatic carbocycles. The minimum Gasteiger partial charge on any atom is -0.493 e. The number of fused-ring (bicyclic) bond motifs is 1. The second-order valence-corrected chi connectivity index (χ2v) is 6.10. The lowest BCUT2D eigenvalue weighted by molar-refractivity contribution is 0.0651. The molecule has 2 aromatic rings. The van der Waals surface area contributed by atoms with Crippen LogP contribution in [0.3, 0.4) is 0 Å². The van der Waals surface area contributed by atoms with Crippen LogP contribution in [0.1, 0.15) is 11.1 Å². The van der Waals surface area contributed by atoms with Crippen LogP contribution in [-0.2, 0) is 12.8 Å². The van der Waals surface area contributed by atoms with E-state index in [9.17, 15) is 5.11 Å². The molecule has 1 N–H and O–H groups in total. The van der Waals surface area contributed by atoms with E-state index >= 15 is 0 Å². The maximum Gasteiger partial charge on any atom is 0.122 e. The molecule has 2 unspecified atom stereocenters. The monoisotopic (exact) mass is 332 g/mol.